The van der Waals surface area contributed by atoms with E-state index in [2.05, 4.69) is 25.8 Å². The fraction of sp³-hybridized carbons (Fsp3) is 0.467. The molecule has 0 spiro atoms. The maximum Gasteiger partial charge on any atom is 0.132 e. The Labute approximate surface area is 118 Å². The first kappa shape index (κ1) is 14.4. The van der Waals surface area contributed by atoms with Gasteiger partial charge in [0, 0.05) is 34.6 Å². The molecule has 2 N–H and O–H groups in total. The van der Waals surface area contributed by atoms with E-state index in [9.17, 15) is 4.39 Å². The smallest absolute Gasteiger partial charge is 0.132 e. The van der Waals surface area contributed by atoms with Crippen LogP contribution in [0.4, 0.5) is 4.39 Å². The molecule has 0 saturated carbocycles. The van der Waals surface area contributed by atoms with Crippen LogP contribution >= 0.6 is 11.3 Å². The van der Waals surface area contributed by atoms with E-state index >= 15 is 0 Å². The summed E-state index contributed by atoms with van der Waals surface area (Å²) in [6.07, 6.45) is 0. The highest BCUT2D eigenvalue weighted by Gasteiger charge is 2.16. The van der Waals surface area contributed by atoms with Crippen LogP contribution in [0.1, 0.15) is 24.3 Å². The van der Waals surface area contributed by atoms with Gasteiger partial charge in [-0.2, -0.15) is 0 Å². The predicted molar refractivity (Wildman–Crippen MR) is 80.8 cm³/mol. The molecular formula is C15H21FN2S. The third-order valence-corrected chi connectivity index (χ3v) is 4.36. The second-order valence-electron chi connectivity index (χ2n) is 5.41. The molecule has 0 aliphatic heterocycles. The lowest BCUT2D eigenvalue weighted by Gasteiger charge is -2.19. The van der Waals surface area contributed by atoms with E-state index in [0.29, 0.717) is 12.5 Å². The van der Waals surface area contributed by atoms with Crippen LogP contribution in [0.25, 0.3) is 10.1 Å². The molecular weight excluding hydrogens is 259 g/mol. The van der Waals surface area contributed by atoms with Crippen molar-refractivity contribution in [3.63, 3.8) is 0 Å². The minimum atomic E-state index is -0.138. The van der Waals surface area contributed by atoms with Crippen LogP contribution in [0.15, 0.2) is 18.2 Å². The van der Waals surface area contributed by atoms with E-state index in [1.807, 2.05) is 6.07 Å². The van der Waals surface area contributed by atoms with Crippen molar-refractivity contribution < 1.29 is 4.39 Å². The van der Waals surface area contributed by atoms with Gasteiger partial charge in [-0.3, -0.25) is 0 Å². The molecule has 1 heterocycles. The van der Waals surface area contributed by atoms with Crippen molar-refractivity contribution in [3.05, 3.63) is 34.5 Å². The molecule has 0 aliphatic rings. The molecule has 2 rings (SSSR count). The topological polar surface area (TPSA) is 29.3 Å². The van der Waals surface area contributed by atoms with Crippen molar-refractivity contribution in [1.82, 2.24) is 4.90 Å². The third-order valence-electron chi connectivity index (χ3n) is 3.14. The van der Waals surface area contributed by atoms with E-state index in [1.54, 1.807) is 17.4 Å². The molecule has 19 heavy (non-hydrogen) atoms. The molecule has 1 aromatic heterocycles. The number of nitrogens with zero attached hydrogens (tertiary/aromatic N) is 1. The molecule has 1 aromatic carbocycles. The summed E-state index contributed by atoms with van der Waals surface area (Å²) in [4.78, 5) is 3.33. The SMILES string of the molecule is CC(C)CN(C)Cc1c(CN)sc2cccc(F)c12. The molecule has 0 unspecified atom stereocenters. The molecule has 2 aromatic rings. The van der Waals surface area contributed by atoms with Gasteiger partial charge in [0.05, 0.1) is 0 Å². The summed E-state index contributed by atoms with van der Waals surface area (Å²) in [5, 5.41) is 0.753. The summed E-state index contributed by atoms with van der Waals surface area (Å²) in [5.74, 6) is 0.461. The van der Waals surface area contributed by atoms with Gasteiger partial charge in [0.2, 0.25) is 0 Å². The molecule has 4 heteroatoms. The number of thiophene rings is 1. The average molecular weight is 280 g/mol. The van der Waals surface area contributed by atoms with Gasteiger partial charge < -0.3 is 10.6 Å². The monoisotopic (exact) mass is 280 g/mol. The zero-order valence-corrected chi connectivity index (χ0v) is 12.6. The number of fused-ring (bicyclic) bond motifs is 1. The van der Waals surface area contributed by atoms with E-state index in [4.69, 9.17) is 5.73 Å². The van der Waals surface area contributed by atoms with Crippen molar-refractivity contribution in [1.29, 1.82) is 0 Å². The summed E-state index contributed by atoms with van der Waals surface area (Å²) in [6.45, 7) is 6.60. The van der Waals surface area contributed by atoms with Crippen LogP contribution in [-0.2, 0) is 13.1 Å². The lowest BCUT2D eigenvalue weighted by atomic mass is 10.1. The highest BCUT2D eigenvalue weighted by atomic mass is 32.1. The van der Waals surface area contributed by atoms with Crippen molar-refractivity contribution in [2.24, 2.45) is 11.7 Å². The zero-order valence-electron chi connectivity index (χ0n) is 11.7. The van der Waals surface area contributed by atoms with Gasteiger partial charge in [-0.15, -0.1) is 11.3 Å². The zero-order chi connectivity index (χ0) is 14.0. The van der Waals surface area contributed by atoms with E-state index in [0.717, 1.165) is 33.6 Å². The first-order chi connectivity index (χ1) is 9.02. The van der Waals surface area contributed by atoms with Crippen molar-refractivity contribution >= 4 is 21.4 Å². The normalized spacial score (nSPS) is 11.9. The molecule has 0 fully saturated rings. The fourth-order valence-corrected chi connectivity index (χ4v) is 3.61. The van der Waals surface area contributed by atoms with Crippen LogP contribution in [0.2, 0.25) is 0 Å². The number of hydrogen-bond donors (Lipinski definition) is 1. The highest BCUT2D eigenvalue weighted by Crippen LogP contribution is 2.33. The molecule has 104 valence electrons. The molecule has 0 amide bonds. The van der Waals surface area contributed by atoms with Crippen LogP contribution in [0.3, 0.4) is 0 Å². The maximum atomic E-state index is 14.1. The Hall–Kier alpha value is -0.970. The second-order valence-corrected chi connectivity index (χ2v) is 6.55. The van der Waals surface area contributed by atoms with Gasteiger partial charge in [0.15, 0.2) is 0 Å². The van der Waals surface area contributed by atoms with Gasteiger partial charge in [-0.1, -0.05) is 19.9 Å². The Morgan fingerprint density at radius 3 is 2.74 bits per heavy atom. The summed E-state index contributed by atoms with van der Waals surface area (Å²) in [7, 11) is 2.07. The Morgan fingerprint density at radius 2 is 2.11 bits per heavy atom. The Balaban J connectivity index is 2.40. The fourth-order valence-electron chi connectivity index (χ4n) is 2.51. The first-order valence-electron chi connectivity index (χ1n) is 6.60. The number of hydrogen-bond acceptors (Lipinski definition) is 3. The van der Waals surface area contributed by atoms with Crippen LogP contribution < -0.4 is 5.73 Å². The lowest BCUT2D eigenvalue weighted by molar-refractivity contribution is 0.289. The van der Waals surface area contributed by atoms with Gasteiger partial charge in [0.25, 0.3) is 0 Å². The predicted octanol–water partition coefficient (Wildman–Crippen LogP) is 3.59. The molecule has 0 atom stereocenters. The van der Waals surface area contributed by atoms with Gasteiger partial charge in [0.1, 0.15) is 5.82 Å². The Bertz CT molecular complexity index is 563. The minimum Gasteiger partial charge on any atom is -0.326 e. The number of halogens is 1. The average Bonchev–Trinajstić information content (AvgIpc) is 2.67. The van der Waals surface area contributed by atoms with Crippen LogP contribution in [0, 0.1) is 11.7 Å². The first-order valence-corrected chi connectivity index (χ1v) is 7.42. The van der Waals surface area contributed by atoms with Gasteiger partial charge >= 0.3 is 0 Å². The van der Waals surface area contributed by atoms with E-state index in [-0.39, 0.29) is 5.82 Å². The lowest BCUT2D eigenvalue weighted by Crippen LogP contribution is -2.23. The quantitative estimate of drug-likeness (QED) is 0.907. The van der Waals surface area contributed by atoms with Gasteiger partial charge in [-0.05, 0) is 30.7 Å². The number of nitrogens with two attached hydrogens (primary N) is 1. The Morgan fingerprint density at radius 1 is 1.37 bits per heavy atom. The van der Waals surface area contributed by atoms with Crippen molar-refractivity contribution in [2.75, 3.05) is 13.6 Å². The maximum absolute atomic E-state index is 14.1. The Kier molecular flexibility index (Phi) is 4.55. The summed E-state index contributed by atoms with van der Waals surface area (Å²) in [5.41, 5.74) is 6.87. The third kappa shape index (κ3) is 3.14. The molecule has 0 bridgehead atoms. The van der Waals surface area contributed by atoms with Crippen molar-refractivity contribution in [2.45, 2.75) is 26.9 Å². The molecule has 0 aliphatic carbocycles. The van der Waals surface area contributed by atoms with E-state index < -0.39 is 0 Å². The molecule has 2 nitrogen and oxygen atoms in total. The number of benzene rings is 1. The minimum absolute atomic E-state index is 0.138. The molecule has 0 radical (unpaired) electrons. The largest absolute Gasteiger partial charge is 0.326 e. The van der Waals surface area contributed by atoms with Crippen molar-refractivity contribution in [3.8, 4) is 0 Å². The summed E-state index contributed by atoms with van der Waals surface area (Å²) >= 11 is 1.61. The van der Waals surface area contributed by atoms with E-state index in [1.165, 1.54) is 6.07 Å². The summed E-state index contributed by atoms with van der Waals surface area (Å²) < 4.78 is 15.1. The number of rotatable bonds is 5. The van der Waals surface area contributed by atoms with Crippen LogP contribution in [0.5, 0.6) is 0 Å². The second kappa shape index (κ2) is 5.99. The van der Waals surface area contributed by atoms with Gasteiger partial charge in [-0.25, -0.2) is 4.39 Å². The standard InChI is InChI=1S/C15H21FN2S/c1-10(2)8-18(3)9-11-14(7-17)19-13-6-4-5-12(16)15(11)13/h4-6,10H,7-9,17H2,1-3H3. The molecule has 0 saturated heterocycles. The van der Waals surface area contributed by atoms with Crippen LogP contribution in [-0.4, -0.2) is 18.5 Å². The highest BCUT2D eigenvalue weighted by molar-refractivity contribution is 7.19. The summed E-state index contributed by atoms with van der Waals surface area (Å²) in [6, 6.07) is 5.26.